The van der Waals surface area contributed by atoms with Gasteiger partial charge < -0.3 is 10.5 Å². The number of fused-ring (bicyclic) bond motifs is 1. The fourth-order valence-electron chi connectivity index (χ4n) is 1.51. The van der Waals surface area contributed by atoms with E-state index in [1.807, 2.05) is 30.3 Å². The summed E-state index contributed by atoms with van der Waals surface area (Å²) in [4.78, 5) is 0. The number of nitrogens with two attached hydrogens (primary N) is 1. The second-order valence-electron chi connectivity index (χ2n) is 3.05. The van der Waals surface area contributed by atoms with E-state index in [2.05, 4.69) is 15.9 Å². The molecule has 0 heterocycles. The summed E-state index contributed by atoms with van der Waals surface area (Å²) >= 11 is 3.42. The van der Waals surface area contributed by atoms with Gasteiger partial charge in [-0.25, -0.2) is 0 Å². The molecule has 3 heteroatoms. The monoisotopic (exact) mass is 251 g/mol. The molecule has 2 aromatic rings. The van der Waals surface area contributed by atoms with E-state index in [0.717, 1.165) is 21.0 Å². The number of anilines is 1. The van der Waals surface area contributed by atoms with Crippen LogP contribution in [0.5, 0.6) is 5.75 Å². The third kappa shape index (κ3) is 1.44. The molecule has 0 radical (unpaired) electrons. The summed E-state index contributed by atoms with van der Waals surface area (Å²) in [7, 11) is 1.63. The standard InChI is InChI=1S/C11H10BrNO/c1-14-11-9-6-8(12)4-2-7(9)3-5-10(11)13/h2-6H,13H2,1H3. The van der Waals surface area contributed by atoms with Crippen LogP contribution in [0.25, 0.3) is 10.8 Å². The van der Waals surface area contributed by atoms with Crippen molar-refractivity contribution in [2.24, 2.45) is 0 Å². The van der Waals surface area contributed by atoms with Gasteiger partial charge in [0.1, 0.15) is 5.75 Å². The summed E-state index contributed by atoms with van der Waals surface area (Å²) in [5.74, 6) is 0.740. The Kier molecular flexibility index (Phi) is 2.33. The number of ether oxygens (including phenoxy) is 1. The van der Waals surface area contributed by atoms with Gasteiger partial charge in [0, 0.05) is 9.86 Å². The molecule has 2 rings (SSSR count). The molecule has 0 fully saturated rings. The first-order chi connectivity index (χ1) is 6.72. The van der Waals surface area contributed by atoms with E-state index in [1.54, 1.807) is 7.11 Å². The lowest BCUT2D eigenvalue weighted by molar-refractivity contribution is 0.422. The van der Waals surface area contributed by atoms with Crippen molar-refractivity contribution >= 4 is 32.4 Å². The van der Waals surface area contributed by atoms with Gasteiger partial charge in [-0.1, -0.05) is 28.1 Å². The second kappa shape index (κ2) is 3.50. The zero-order valence-corrected chi connectivity index (χ0v) is 9.34. The molecule has 72 valence electrons. The van der Waals surface area contributed by atoms with Crippen LogP contribution in [-0.2, 0) is 0 Å². The molecular formula is C11H10BrNO. The maximum Gasteiger partial charge on any atom is 0.149 e. The maximum atomic E-state index is 5.81. The molecule has 14 heavy (non-hydrogen) atoms. The van der Waals surface area contributed by atoms with Crippen molar-refractivity contribution in [1.29, 1.82) is 0 Å². The van der Waals surface area contributed by atoms with Crippen LogP contribution in [0.2, 0.25) is 0 Å². The van der Waals surface area contributed by atoms with Crippen LogP contribution in [0.1, 0.15) is 0 Å². The molecule has 0 aliphatic heterocycles. The Labute approximate surface area is 90.8 Å². The molecule has 0 aliphatic carbocycles. The minimum absolute atomic E-state index is 0.665. The number of hydrogen-bond donors (Lipinski definition) is 1. The van der Waals surface area contributed by atoms with E-state index in [1.165, 1.54) is 0 Å². The molecule has 2 N–H and O–H groups in total. The molecule has 0 saturated carbocycles. The van der Waals surface area contributed by atoms with Gasteiger partial charge in [-0.3, -0.25) is 0 Å². The van der Waals surface area contributed by atoms with E-state index in [4.69, 9.17) is 10.5 Å². The smallest absolute Gasteiger partial charge is 0.149 e. The highest BCUT2D eigenvalue weighted by atomic mass is 79.9. The molecule has 0 spiro atoms. The Bertz CT molecular complexity index is 477. The Morgan fingerprint density at radius 1 is 1.21 bits per heavy atom. The lowest BCUT2D eigenvalue weighted by Crippen LogP contribution is -1.92. The van der Waals surface area contributed by atoms with E-state index in [9.17, 15) is 0 Å². The van der Waals surface area contributed by atoms with Crippen LogP contribution in [0, 0.1) is 0 Å². The molecule has 0 saturated heterocycles. The van der Waals surface area contributed by atoms with Crippen LogP contribution >= 0.6 is 15.9 Å². The number of halogens is 1. The summed E-state index contributed by atoms with van der Waals surface area (Å²) in [6.45, 7) is 0. The first-order valence-corrected chi connectivity index (χ1v) is 5.03. The van der Waals surface area contributed by atoms with Gasteiger partial charge in [0.2, 0.25) is 0 Å². The number of methoxy groups -OCH3 is 1. The SMILES string of the molecule is COc1c(N)ccc2ccc(Br)cc12. The zero-order valence-electron chi connectivity index (χ0n) is 7.75. The molecule has 0 amide bonds. The molecule has 0 bridgehead atoms. The number of hydrogen-bond acceptors (Lipinski definition) is 2. The van der Waals surface area contributed by atoms with Crippen molar-refractivity contribution in [2.75, 3.05) is 12.8 Å². The number of nitrogen functional groups attached to an aromatic ring is 1. The molecule has 0 atom stereocenters. The zero-order chi connectivity index (χ0) is 10.1. The molecule has 0 unspecified atom stereocenters. The van der Waals surface area contributed by atoms with E-state index >= 15 is 0 Å². The minimum atomic E-state index is 0.665. The first kappa shape index (κ1) is 9.34. The lowest BCUT2D eigenvalue weighted by atomic mass is 10.1. The van der Waals surface area contributed by atoms with Gasteiger partial charge in [0.05, 0.1) is 12.8 Å². The van der Waals surface area contributed by atoms with Crippen LogP contribution in [0.3, 0.4) is 0 Å². The molecule has 0 aromatic heterocycles. The first-order valence-electron chi connectivity index (χ1n) is 4.24. The van der Waals surface area contributed by atoms with Crippen LogP contribution < -0.4 is 10.5 Å². The lowest BCUT2D eigenvalue weighted by Gasteiger charge is -2.08. The quantitative estimate of drug-likeness (QED) is 0.791. The topological polar surface area (TPSA) is 35.2 Å². The van der Waals surface area contributed by atoms with Crippen molar-refractivity contribution in [3.05, 3.63) is 34.8 Å². The third-order valence-corrected chi connectivity index (χ3v) is 2.66. The summed E-state index contributed by atoms with van der Waals surface area (Å²) in [6.07, 6.45) is 0. The van der Waals surface area contributed by atoms with Crippen molar-refractivity contribution in [3.8, 4) is 5.75 Å². The highest BCUT2D eigenvalue weighted by molar-refractivity contribution is 9.10. The van der Waals surface area contributed by atoms with Crippen molar-refractivity contribution in [2.45, 2.75) is 0 Å². The van der Waals surface area contributed by atoms with Gasteiger partial charge in [0.25, 0.3) is 0 Å². The Balaban J connectivity index is 2.84. The Hall–Kier alpha value is -1.22. The molecule has 2 nitrogen and oxygen atoms in total. The normalized spacial score (nSPS) is 10.4. The fraction of sp³-hybridized carbons (Fsp3) is 0.0909. The predicted octanol–water partition coefficient (Wildman–Crippen LogP) is 3.19. The maximum absolute atomic E-state index is 5.81. The second-order valence-corrected chi connectivity index (χ2v) is 3.97. The number of rotatable bonds is 1. The summed E-state index contributed by atoms with van der Waals surface area (Å²) in [5.41, 5.74) is 6.47. The van der Waals surface area contributed by atoms with E-state index < -0.39 is 0 Å². The molecule has 0 aliphatic rings. The van der Waals surface area contributed by atoms with Crippen LogP contribution in [-0.4, -0.2) is 7.11 Å². The van der Waals surface area contributed by atoms with Crippen LogP contribution in [0.15, 0.2) is 34.8 Å². The van der Waals surface area contributed by atoms with E-state index in [0.29, 0.717) is 5.69 Å². The van der Waals surface area contributed by atoms with Gasteiger partial charge in [-0.05, 0) is 23.6 Å². The summed E-state index contributed by atoms with van der Waals surface area (Å²) in [6, 6.07) is 9.87. The largest absolute Gasteiger partial charge is 0.494 e. The fourth-order valence-corrected chi connectivity index (χ4v) is 1.87. The molecule has 2 aromatic carbocycles. The van der Waals surface area contributed by atoms with Gasteiger partial charge in [0.15, 0.2) is 0 Å². The third-order valence-electron chi connectivity index (χ3n) is 2.17. The van der Waals surface area contributed by atoms with Crippen molar-refractivity contribution in [3.63, 3.8) is 0 Å². The van der Waals surface area contributed by atoms with Gasteiger partial charge in [-0.15, -0.1) is 0 Å². The van der Waals surface area contributed by atoms with Crippen LogP contribution in [0.4, 0.5) is 5.69 Å². The Morgan fingerprint density at radius 2 is 1.93 bits per heavy atom. The average Bonchev–Trinajstić information content (AvgIpc) is 2.17. The highest BCUT2D eigenvalue weighted by Crippen LogP contribution is 2.33. The Morgan fingerprint density at radius 3 is 2.64 bits per heavy atom. The van der Waals surface area contributed by atoms with E-state index in [-0.39, 0.29) is 0 Å². The summed E-state index contributed by atoms with van der Waals surface area (Å²) < 4.78 is 6.29. The van der Waals surface area contributed by atoms with Crippen molar-refractivity contribution in [1.82, 2.24) is 0 Å². The van der Waals surface area contributed by atoms with Gasteiger partial charge in [-0.2, -0.15) is 0 Å². The van der Waals surface area contributed by atoms with Crippen molar-refractivity contribution < 1.29 is 4.74 Å². The van der Waals surface area contributed by atoms with Gasteiger partial charge >= 0.3 is 0 Å². The number of benzene rings is 2. The minimum Gasteiger partial charge on any atom is -0.494 e. The average molecular weight is 252 g/mol. The molecular weight excluding hydrogens is 242 g/mol. The predicted molar refractivity (Wildman–Crippen MR) is 62.6 cm³/mol. The summed E-state index contributed by atoms with van der Waals surface area (Å²) in [5, 5.41) is 2.15. The highest BCUT2D eigenvalue weighted by Gasteiger charge is 2.05.